The monoisotopic (exact) mass is 333 g/mol. The highest BCUT2D eigenvalue weighted by Crippen LogP contribution is 2.30. The Morgan fingerprint density at radius 2 is 2.00 bits per heavy atom. The van der Waals surface area contributed by atoms with E-state index in [2.05, 4.69) is 11.4 Å². The van der Waals surface area contributed by atoms with Crippen LogP contribution in [0.4, 0.5) is 5.69 Å². The predicted octanol–water partition coefficient (Wildman–Crippen LogP) is 1.79. The lowest BCUT2D eigenvalue weighted by Gasteiger charge is -2.22. The van der Waals surface area contributed by atoms with E-state index in [0.717, 1.165) is 12.8 Å². The quantitative estimate of drug-likeness (QED) is 0.913. The number of nitrogens with one attached hydrogen (secondary N) is 1. The Balaban J connectivity index is 1.83. The zero-order valence-corrected chi connectivity index (χ0v) is 13.6. The number of rotatable bonds is 3. The predicted molar refractivity (Wildman–Crippen MR) is 86.5 cm³/mol. The van der Waals surface area contributed by atoms with E-state index in [1.165, 1.54) is 4.31 Å². The summed E-state index contributed by atoms with van der Waals surface area (Å²) in [5, 5.41) is 12.2. The van der Waals surface area contributed by atoms with Gasteiger partial charge in [0.1, 0.15) is 5.54 Å². The zero-order valence-electron chi connectivity index (χ0n) is 12.8. The van der Waals surface area contributed by atoms with Gasteiger partial charge in [0.15, 0.2) is 0 Å². The molecule has 1 amide bonds. The van der Waals surface area contributed by atoms with Gasteiger partial charge < -0.3 is 5.32 Å². The molecule has 0 radical (unpaired) electrons. The molecule has 1 aromatic rings. The summed E-state index contributed by atoms with van der Waals surface area (Å²) in [5.74, 6) is -0.187. The normalized spacial score (nSPS) is 21.8. The Morgan fingerprint density at radius 1 is 1.26 bits per heavy atom. The van der Waals surface area contributed by atoms with Crippen LogP contribution in [0.2, 0.25) is 0 Å². The zero-order chi connectivity index (χ0) is 16.5. The lowest BCUT2D eigenvalue weighted by Crippen LogP contribution is -2.45. The molecule has 1 saturated carbocycles. The summed E-state index contributed by atoms with van der Waals surface area (Å²) in [4.78, 5) is 12.5. The lowest BCUT2D eigenvalue weighted by molar-refractivity contribution is 0.0920. The second-order valence-corrected chi connectivity index (χ2v) is 8.16. The summed E-state index contributed by atoms with van der Waals surface area (Å²) >= 11 is 0. The first-order chi connectivity index (χ1) is 11.0. The van der Waals surface area contributed by atoms with Gasteiger partial charge in [-0.15, -0.1) is 0 Å². The maximum atomic E-state index is 12.5. The lowest BCUT2D eigenvalue weighted by atomic mass is 9.99. The van der Waals surface area contributed by atoms with Crippen LogP contribution < -0.4 is 9.62 Å². The number of nitrogens with zero attached hydrogens (tertiary/aromatic N) is 2. The summed E-state index contributed by atoms with van der Waals surface area (Å²) in [5.41, 5.74) is 0.103. The van der Waals surface area contributed by atoms with E-state index in [1.54, 1.807) is 24.3 Å². The van der Waals surface area contributed by atoms with E-state index in [4.69, 9.17) is 0 Å². The Hall–Kier alpha value is -2.07. The number of benzene rings is 1. The third-order valence-electron chi connectivity index (χ3n) is 4.52. The first-order valence-corrected chi connectivity index (χ1v) is 9.41. The van der Waals surface area contributed by atoms with Crippen LogP contribution in [0.1, 0.15) is 42.5 Å². The number of carbonyl (C=O) groups excluding carboxylic acids is 1. The number of sulfonamides is 1. The van der Waals surface area contributed by atoms with Crippen molar-refractivity contribution in [3.63, 3.8) is 0 Å². The molecule has 0 unspecified atom stereocenters. The number of hydrogen-bond donors (Lipinski definition) is 1. The van der Waals surface area contributed by atoms with Crippen molar-refractivity contribution in [2.24, 2.45) is 0 Å². The van der Waals surface area contributed by atoms with Crippen LogP contribution in [0.5, 0.6) is 0 Å². The average Bonchev–Trinajstić information content (AvgIpc) is 3.14. The van der Waals surface area contributed by atoms with E-state index < -0.39 is 15.6 Å². The van der Waals surface area contributed by atoms with Gasteiger partial charge in [-0.1, -0.05) is 6.07 Å². The highest BCUT2D eigenvalue weighted by atomic mass is 32.2. The van der Waals surface area contributed by atoms with Crippen LogP contribution >= 0.6 is 0 Å². The maximum absolute atomic E-state index is 12.5. The van der Waals surface area contributed by atoms with Crippen LogP contribution in [-0.4, -0.2) is 32.2 Å². The largest absolute Gasteiger partial charge is 0.334 e. The molecule has 1 aliphatic heterocycles. The molecule has 1 N–H and O–H groups in total. The Morgan fingerprint density at radius 3 is 2.61 bits per heavy atom. The van der Waals surface area contributed by atoms with Crippen LogP contribution in [-0.2, 0) is 10.0 Å². The van der Waals surface area contributed by atoms with Gasteiger partial charge in [-0.05, 0) is 50.3 Å². The molecule has 2 aliphatic rings. The molecule has 0 atom stereocenters. The SMILES string of the molecule is N#CC1(NC(=O)c2cccc(N3CCCS3(=O)=O)c2)CCCC1. The number of amides is 1. The number of anilines is 1. The maximum Gasteiger partial charge on any atom is 0.252 e. The van der Waals surface area contributed by atoms with Crippen LogP contribution in [0.15, 0.2) is 24.3 Å². The van der Waals surface area contributed by atoms with Gasteiger partial charge in [0.25, 0.3) is 5.91 Å². The minimum Gasteiger partial charge on any atom is -0.334 e. The molecule has 1 aliphatic carbocycles. The van der Waals surface area contributed by atoms with Gasteiger partial charge in [-0.25, -0.2) is 8.42 Å². The van der Waals surface area contributed by atoms with Gasteiger partial charge in [0.2, 0.25) is 10.0 Å². The molecule has 122 valence electrons. The van der Waals surface area contributed by atoms with Gasteiger partial charge >= 0.3 is 0 Å². The van der Waals surface area contributed by atoms with Crippen molar-refractivity contribution < 1.29 is 13.2 Å². The van der Waals surface area contributed by atoms with Gasteiger partial charge in [-0.2, -0.15) is 5.26 Å². The molecule has 2 fully saturated rings. The van der Waals surface area contributed by atoms with E-state index in [1.807, 2.05) is 0 Å². The van der Waals surface area contributed by atoms with Crippen molar-refractivity contribution in [2.75, 3.05) is 16.6 Å². The Bertz CT molecular complexity index is 761. The van der Waals surface area contributed by atoms with E-state index in [9.17, 15) is 18.5 Å². The van der Waals surface area contributed by atoms with Crippen molar-refractivity contribution >= 4 is 21.6 Å². The number of carbonyl (C=O) groups is 1. The molecule has 3 rings (SSSR count). The second kappa shape index (κ2) is 5.85. The van der Waals surface area contributed by atoms with Crippen LogP contribution in [0.3, 0.4) is 0 Å². The summed E-state index contributed by atoms with van der Waals surface area (Å²) < 4.78 is 25.4. The molecule has 1 saturated heterocycles. The van der Waals surface area contributed by atoms with E-state index in [0.29, 0.717) is 37.1 Å². The smallest absolute Gasteiger partial charge is 0.252 e. The number of nitriles is 1. The summed E-state index contributed by atoms with van der Waals surface area (Å²) in [6.07, 6.45) is 3.78. The first-order valence-electron chi connectivity index (χ1n) is 7.80. The third-order valence-corrected chi connectivity index (χ3v) is 6.39. The summed E-state index contributed by atoms with van der Waals surface area (Å²) in [6, 6.07) is 8.81. The molecule has 1 aromatic carbocycles. The fourth-order valence-corrected chi connectivity index (χ4v) is 4.82. The van der Waals surface area contributed by atoms with Crippen molar-refractivity contribution in [1.29, 1.82) is 5.26 Å². The summed E-state index contributed by atoms with van der Waals surface area (Å²) in [6.45, 7) is 0.440. The van der Waals surface area contributed by atoms with E-state index in [-0.39, 0.29) is 11.7 Å². The molecule has 1 heterocycles. The van der Waals surface area contributed by atoms with Gasteiger partial charge in [0, 0.05) is 12.1 Å². The highest BCUT2D eigenvalue weighted by molar-refractivity contribution is 7.93. The molecular weight excluding hydrogens is 314 g/mol. The van der Waals surface area contributed by atoms with Crippen molar-refractivity contribution in [3.05, 3.63) is 29.8 Å². The van der Waals surface area contributed by atoms with Crippen LogP contribution in [0.25, 0.3) is 0 Å². The first kappa shape index (κ1) is 15.8. The fraction of sp³-hybridized carbons (Fsp3) is 0.500. The Kier molecular flexibility index (Phi) is 4.02. The number of hydrogen-bond acceptors (Lipinski definition) is 4. The van der Waals surface area contributed by atoms with Crippen molar-refractivity contribution in [1.82, 2.24) is 5.32 Å². The highest BCUT2D eigenvalue weighted by Gasteiger charge is 2.36. The molecule has 0 aromatic heterocycles. The third kappa shape index (κ3) is 3.04. The molecular formula is C16H19N3O3S. The van der Waals surface area contributed by atoms with Crippen molar-refractivity contribution in [3.8, 4) is 6.07 Å². The molecule has 0 bridgehead atoms. The Labute approximate surface area is 136 Å². The molecule has 6 nitrogen and oxygen atoms in total. The minimum absolute atomic E-state index is 0.140. The van der Waals surface area contributed by atoms with Gasteiger partial charge in [-0.3, -0.25) is 9.10 Å². The second-order valence-electron chi connectivity index (χ2n) is 6.15. The topological polar surface area (TPSA) is 90.3 Å². The summed E-state index contributed by atoms with van der Waals surface area (Å²) in [7, 11) is -3.27. The van der Waals surface area contributed by atoms with Gasteiger partial charge in [0.05, 0.1) is 17.5 Å². The molecule has 0 spiro atoms. The van der Waals surface area contributed by atoms with Crippen molar-refractivity contribution in [2.45, 2.75) is 37.6 Å². The minimum atomic E-state index is -3.27. The van der Waals surface area contributed by atoms with Crippen LogP contribution in [0, 0.1) is 11.3 Å². The molecule has 7 heteroatoms. The fourth-order valence-electron chi connectivity index (χ4n) is 3.26. The average molecular weight is 333 g/mol. The standard InChI is InChI=1S/C16H19N3O3S/c17-12-16(7-1-2-8-16)18-15(20)13-5-3-6-14(11-13)19-9-4-10-23(19,21)22/h3,5-6,11H,1-2,4,7-10H2,(H,18,20). The molecule has 23 heavy (non-hydrogen) atoms. The van der Waals surface area contributed by atoms with E-state index >= 15 is 0 Å².